The Balaban J connectivity index is 2.22. The predicted molar refractivity (Wildman–Crippen MR) is 70.5 cm³/mol. The molecule has 0 fully saturated rings. The number of nitro groups is 1. The van der Waals surface area contributed by atoms with E-state index in [0.29, 0.717) is 5.69 Å². The first kappa shape index (κ1) is 13.0. The van der Waals surface area contributed by atoms with Gasteiger partial charge in [0.15, 0.2) is 0 Å². The monoisotopic (exact) mass is 282 g/mol. The Labute approximate surface area is 110 Å². The second-order valence-corrected chi connectivity index (χ2v) is 4.30. The Morgan fingerprint density at radius 3 is 2.95 bits per heavy atom. The van der Waals surface area contributed by atoms with Gasteiger partial charge in [0.05, 0.1) is 11.5 Å². The lowest BCUT2D eigenvalue weighted by atomic mass is 10.4. The minimum Gasteiger partial charge on any atom is -0.359 e. The average Bonchev–Trinajstić information content (AvgIpc) is 2.81. The van der Waals surface area contributed by atoms with Gasteiger partial charge in [-0.15, -0.1) is 0 Å². The Hall–Kier alpha value is -2.49. The molecule has 9 nitrogen and oxygen atoms in total. The van der Waals surface area contributed by atoms with E-state index < -0.39 is 4.92 Å². The lowest BCUT2D eigenvalue weighted by Crippen LogP contribution is -2.08. The number of nitrogens with one attached hydrogen (secondary N) is 3. The fourth-order valence-corrected chi connectivity index (χ4v) is 1.92. The zero-order valence-electron chi connectivity index (χ0n) is 9.84. The number of rotatable bonds is 5. The van der Waals surface area contributed by atoms with Crippen molar-refractivity contribution in [2.75, 3.05) is 17.7 Å². The third-order valence-electron chi connectivity index (χ3n) is 2.21. The van der Waals surface area contributed by atoms with Crippen LogP contribution in [-0.4, -0.2) is 26.9 Å². The summed E-state index contributed by atoms with van der Waals surface area (Å²) >= 11 is 1.03. The summed E-state index contributed by atoms with van der Waals surface area (Å²) in [6.45, 7) is 0.236. The number of thiazole rings is 1. The smallest absolute Gasteiger partial charge is 0.329 e. The molecule has 2 aromatic rings. The van der Waals surface area contributed by atoms with E-state index in [1.165, 1.54) is 0 Å². The molecule has 10 heteroatoms. The number of nitrogens with zero attached hydrogens (tertiary/aromatic N) is 3. The van der Waals surface area contributed by atoms with Gasteiger partial charge in [-0.1, -0.05) is 11.3 Å². The molecular formula is C9H10N6O3S. The fraction of sp³-hybridized carbons (Fsp3) is 0.222. The maximum absolute atomic E-state index is 11.0. The maximum atomic E-state index is 11.0. The zero-order chi connectivity index (χ0) is 13.8. The van der Waals surface area contributed by atoms with Crippen molar-refractivity contribution in [1.29, 1.82) is 0 Å². The summed E-state index contributed by atoms with van der Waals surface area (Å²) in [5.41, 5.74) is 0.408. The Bertz CT molecular complexity index is 651. The van der Waals surface area contributed by atoms with Crippen molar-refractivity contribution in [3.05, 3.63) is 37.1 Å². The summed E-state index contributed by atoms with van der Waals surface area (Å²) in [4.78, 5) is 31.4. The number of H-pyrrole nitrogens is 1. The molecule has 0 unspecified atom stereocenters. The van der Waals surface area contributed by atoms with Crippen molar-refractivity contribution >= 4 is 28.8 Å². The summed E-state index contributed by atoms with van der Waals surface area (Å²) < 4.78 is 0. The van der Waals surface area contributed by atoms with Crippen molar-refractivity contribution < 1.29 is 4.92 Å². The van der Waals surface area contributed by atoms with Crippen LogP contribution in [0.25, 0.3) is 0 Å². The highest BCUT2D eigenvalue weighted by Gasteiger charge is 2.16. The molecule has 0 aliphatic rings. The molecule has 0 atom stereocenters. The van der Waals surface area contributed by atoms with Crippen LogP contribution in [0.4, 0.5) is 17.5 Å². The summed E-state index contributed by atoms with van der Waals surface area (Å²) in [6.07, 6.45) is 1.12. The van der Waals surface area contributed by atoms with Crippen molar-refractivity contribution in [3.63, 3.8) is 0 Å². The van der Waals surface area contributed by atoms with Crippen LogP contribution < -0.4 is 15.5 Å². The highest BCUT2D eigenvalue weighted by Crippen LogP contribution is 2.22. The van der Waals surface area contributed by atoms with E-state index in [-0.39, 0.29) is 28.9 Å². The van der Waals surface area contributed by atoms with E-state index in [1.807, 2.05) is 0 Å². The first-order chi connectivity index (χ1) is 9.10. The molecular weight excluding hydrogens is 272 g/mol. The van der Waals surface area contributed by atoms with Crippen molar-refractivity contribution in [2.45, 2.75) is 6.54 Å². The van der Waals surface area contributed by atoms with Gasteiger partial charge in [-0.3, -0.25) is 14.9 Å². The molecule has 0 saturated heterocycles. The molecule has 0 amide bonds. The maximum Gasteiger partial charge on any atom is 0.329 e. The zero-order valence-corrected chi connectivity index (χ0v) is 10.7. The SMILES string of the molecule is CNc1ncc([N+](=O)[O-])c(NCc2csc(=O)[nH]2)n1. The molecule has 0 saturated carbocycles. The molecule has 2 rings (SSSR count). The van der Waals surface area contributed by atoms with Gasteiger partial charge in [-0.2, -0.15) is 4.98 Å². The Morgan fingerprint density at radius 2 is 2.37 bits per heavy atom. The van der Waals surface area contributed by atoms with E-state index in [1.54, 1.807) is 12.4 Å². The van der Waals surface area contributed by atoms with Crippen LogP contribution in [0.3, 0.4) is 0 Å². The highest BCUT2D eigenvalue weighted by atomic mass is 32.1. The van der Waals surface area contributed by atoms with Crippen LogP contribution >= 0.6 is 11.3 Å². The van der Waals surface area contributed by atoms with Gasteiger partial charge in [0, 0.05) is 18.1 Å². The topological polar surface area (TPSA) is 126 Å². The number of hydrogen-bond acceptors (Lipinski definition) is 8. The van der Waals surface area contributed by atoms with Crippen molar-refractivity contribution in [3.8, 4) is 0 Å². The summed E-state index contributed by atoms with van der Waals surface area (Å²) in [7, 11) is 1.61. The fourth-order valence-electron chi connectivity index (χ4n) is 1.34. The van der Waals surface area contributed by atoms with Crippen LogP contribution in [-0.2, 0) is 6.54 Å². The quantitative estimate of drug-likeness (QED) is 0.546. The molecule has 2 aromatic heterocycles. The highest BCUT2D eigenvalue weighted by molar-refractivity contribution is 7.07. The van der Waals surface area contributed by atoms with E-state index >= 15 is 0 Å². The van der Waals surface area contributed by atoms with Crippen LogP contribution in [0.5, 0.6) is 0 Å². The van der Waals surface area contributed by atoms with Gasteiger partial charge in [0.25, 0.3) is 0 Å². The molecule has 0 aromatic carbocycles. The average molecular weight is 282 g/mol. The number of aromatic amines is 1. The largest absolute Gasteiger partial charge is 0.359 e. The first-order valence-corrected chi connectivity index (χ1v) is 6.08. The van der Waals surface area contributed by atoms with Crippen LogP contribution in [0.1, 0.15) is 5.69 Å². The molecule has 19 heavy (non-hydrogen) atoms. The van der Waals surface area contributed by atoms with Gasteiger partial charge in [-0.05, 0) is 0 Å². The van der Waals surface area contributed by atoms with Crippen molar-refractivity contribution in [2.24, 2.45) is 0 Å². The van der Waals surface area contributed by atoms with Crippen LogP contribution in [0.2, 0.25) is 0 Å². The lowest BCUT2D eigenvalue weighted by Gasteiger charge is -2.06. The van der Waals surface area contributed by atoms with Gasteiger partial charge < -0.3 is 15.6 Å². The summed E-state index contributed by atoms with van der Waals surface area (Å²) in [5.74, 6) is 0.364. The van der Waals surface area contributed by atoms with E-state index in [0.717, 1.165) is 17.5 Å². The molecule has 0 aliphatic carbocycles. The Morgan fingerprint density at radius 1 is 1.58 bits per heavy atom. The molecule has 0 bridgehead atoms. The van der Waals surface area contributed by atoms with E-state index in [4.69, 9.17) is 0 Å². The van der Waals surface area contributed by atoms with Gasteiger partial charge in [-0.25, -0.2) is 4.98 Å². The summed E-state index contributed by atoms with van der Waals surface area (Å²) in [5, 5.41) is 18.0. The van der Waals surface area contributed by atoms with Crippen molar-refractivity contribution in [1.82, 2.24) is 15.0 Å². The van der Waals surface area contributed by atoms with Crippen LogP contribution in [0, 0.1) is 10.1 Å². The van der Waals surface area contributed by atoms with Crippen LogP contribution in [0.15, 0.2) is 16.4 Å². The first-order valence-electron chi connectivity index (χ1n) is 5.20. The Kier molecular flexibility index (Phi) is 3.71. The van der Waals surface area contributed by atoms with Gasteiger partial charge in [0.1, 0.15) is 6.20 Å². The predicted octanol–water partition coefficient (Wildman–Crippen LogP) is 0.788. The number of anilines is 2. The lowest BCUT2D eigenvalue weighted by molar-refractivity contribution is -0.384. The molecule has 3 N–H and O–H groups in total. The molecule has 2 heterocycles. The number of aromatic nitrogens is 3. The minimum atomic E-state index is -0.571. The molecule has 100 valence electrons. The molecule has 0 radical (unpaired) electrons. The molecule has 0 aliphatic heterocycles. The minimum absolute atomic E-state index is 0.0939. The second-order valence-electron chi connectivity index (χ2n) is 3.46. The standard InChI is InChI=1S/C9H10N6O3S/c1-10-8-12-3-6(15(17)18)7(14-8)11-2-5-4-19-9(16)13-5/h3-4H,2H2,1H3,(H,13,16)(H2,10,11,12,14). The van der Waals surface area contributed by atoms with Gasteiger partial charge in [0.2, 0.25) is 11.8 Å². The van der Waals surface area contributed by atoms with E-state index in [2.05, 4.69) is 25.6 Å². The third kappa shape index (κ3) is 3.04. The third-order valence-corrected chi connectivity index (χ3v) is 2.93. The normalized spacial score (nSPS) is 10.2. The number of hydrogen-bond donors (Lipinski definition) is 3. The molecule has 0 spiro atoms. The van der Waals surface area contributed by atoms with Gasteiger partial charge >= 0.3 is 10.6 Å². The summed E-state index contributed by atoms with van der Waals surface area (Å²) in [6, 6.07) is 0. The van der Waals surface area contributed by atoms with E-state index in [9.17, 15) is 14.9 Å². The second kappa shape index (κ2) is 5.44.